The van der Waals surface area contributed by atoms with Crippen molar-refractivity contribution in [2.75, 3.05) is 0 Å². The van der Waals surface area contributed by atoms with E-state index in [1.54, 1.807) is 0 Å². The van der Waals surface area contributed by atoms with Gasteiger partial charge in [0, 0.05) is 0 Å². The third kappa shape index (κ3) is 4.49. The average Bonchev–Trinajstić information content (AvgIpc) is 1.44. The molecule has 13 heavy (non-hydrogen) atoms. The summed E-state index contributed by atoms with van der Waals surface area (Å²) in [5.41, 5.74) is 0. The molecule has 0 aliphatic carbocycles. The van der Waals surface area contributed by atoms with E-state index in [-0.39, 0.29) is 1.43 Å². The van der Waals surface area contributed by atoms with Gasteiger partial charge < -0.3 is 1.43 Å². The molecule has 0 unspecified atom stereocenters. The zero-order chi connectivity index (χ0) is 11.1. The van der Waals surface area contributed by atoms with E-state index < -0.39 is 32.2 Å². The molecule has 4 heteroatoms. The number of hydrogen-bond donors (Lipinski definition) is 0. The van der Waals surface area contributed by atoms with Crippen molar-refractivity contribution in [3.05, 3.63) is 0 Å². The average molecular weight is 293 g/mol. The predicted octanol–water partition coefficient (Wildman–Crippen LogP) is 3.84. The van der Waals surface area contributed by atoms with Gasteiger partial charge in [0.05, 0.1) is 0 Å². The summed E-state index contributed by atoms with van der Waals surface area (Å²) in [6, 6.07) is 0. The minimum atomic E-state index is -0.767. The van der Waals surface area contributed by atoms with Crippen LogP contribution >= 0.6 is 0 Å². The SMILES string of the molecule is C[Si](C)(C)[Ge]([Si](C)(C)C)[Si](C)(C)C.[H-]. The number of hydrogen-bond acceptors (Lipinski definition) is 0. The second-order valence-electron chi connectivity index (χ2n) is 7.12. The van der Waals surface area contributed by atoms with Crippen molar-refractivity contribution in [1.82, 2.24) is 0 Å². The van der Waals surface area contributed by atoms with Gasteiger partial charge >= 0.3 is 91.1 Å². The first kappa shape index (κ1) is 14.2. The monoisotopic (exact) mass is 294 g/mol. The summed E-state index contributed by atoms with van der Waals surface area (Å²) >= 11 is -0.688. The fourth-order valence-electron chi connectivity index (χ4n) is 3.38. The molecule has 0 nitrogen and oxygen atoms in total. The minimum absolute atomic E-state index is 0. The van der Waals surface area contributed by atoms with Crippen LogP contribution in [0.3, 0.4) is 0 Å². The molecule has 0 aromatic heterocycles. The molecule has 0 atom stereocenters. The van der Waals surface area contributed by atoms with Crippen LogP contribution in [0, 0.1) is 0 Å². The molecule has 0 bridgehead atoms. The molecular weight excluding hydrogens is 265 g/mol. The first-order valence-corrected chi connectivity index (χ1v) is 25.2. The van der Waals surface area contributed by atoms with Crippen molar-refractivity contribution < 1.29 is 1.43 Å². The second-order valence-corrected chi connectivity index (χ2v) is 66.1. The largest absolute Gasteiger partial charge is 1.00 e. The Morgan fingerprint density at radius 2 is 0.692 bits per heavy atom. The summed E-state index contributed by atoms with van der Waals surface area (Å²) in [6.07, 6.45) is 0. The third-order valence-corrected chi connectivity index (χ3v) is 105. The zero-order valence-electron chi connectivity index (χ0n) is 12.0. The predicted molar refractivity (Wildman–Crippen MR) is 76.9 cm³/mol. The Labute approximate surface area is 92.4 Å². The molecule has 0 N–H and O–H groups in total. The standard InChI is InChI=1S/C9H27GeSi3.H/c1-11(2,3)10(12(4,5)6)13(7,8)9;/h1-9H3;/q;-1. The molecule has 0 aromatic carbocycles. The fourth-order valence-corrected chi connectivity index (χ4v) is 158. The Morgan fingerprint density at radius 3 is 0.692 bits per heavy atom. The molecule has 81 valence electrons. The van der Waals surface area contributed by atoms with E-state index in [9.17, 15) is 0 Å². The van der Waals surface area contributed by atoms with Gasteiger partial charge in [0.15, 0.2) is 0 Å². The fraction of sp³-hybridized carbons (Fsp3) is 1.00. The molecule has 0 aromatic rings. The summed E-state index contributed by atoms with van der Waals surface area (Å²) in [7, 11) is 0. The normalized spacial score (nSPS) is 15.2. The maximum absolute atomic E-state index is 2.64. The van der Waals surface area contributed by atoms with Crippen LogP contribution in [0.25, 0.3) is 0 Å². The Morgan fingerprint density at radius 1 is 0.538 bits per heavy atom. The molecule has 0 fully saturated rings. The molecule has 0 saturated carbocycles. The van der Waals surface area contributed by atoms with E-state index in [0.29, 0.717) is 0 Å². The quantitative estimate of drug-likeness (QED) is 0.693. The summed E-state index contributed by atoms with van der Waals surface area (Å²) in [5.74, 6) is 0. The molecule has 0 spiro atoms. The summed E-state index contributed by atoms with van der Waals surface area (Å²) in [6.45, 7) is 21.4. The van der Waals surface area contributed by atoms with Crippen molar-refractivity contribution in [3.63, 3.8) is 0 Å². The maximum atomic E-state index is 2.64. The Bertz CT molecular complexity index is 143. The van der Waals surface area contributed by atoms with Crippen LogP contribution < -0.4 is 0 Å². The van der Waals surface area contributed by atoms with Gasteiger partial charge in [0.2, 0.25) is 0 Å². The van der Waals surface area contributed by atoms with Crippen molar-refractivity contribution in [1.29, 1.82) is 0 Å². The Hall–Kier alpha value is 1.19. The van der Waals surface area contributed by atoms with Gasteiger partial charge in [-0.25, -0.2) is 0 Å². The van der Waals surface area contributed by atoms with Crippen molar-refractivity contribution >= 4 is 32.2 Å². The van der Waals surface area contributed by atoms with Crippen LogP contribution in [-0.2, 0) is 0 Å². The van der Waals surface area contributed by atoms with Gasteiger partial charge in [-0.05, 0) is 0 Å². The van der Waals surface area contributed by atoms with Gasteiger partial charge in [0.1, 0.15) is 0 Å². The first-order valence-electron chi connectivity index (χ1n) is 5.25. The van der Waals surface area contributed by atoms with Gasteiger partial charge in [-0.3, -0.25) is 0 Å². The second kappa shape index (κ2) is 3.98. The maximum Gasteiger partial charge on any atom is -1.00 e. The van der Waals surface area contributed by atoms with Gasteiger partial charge in [0.25, 0.3) is 0 Å². The van der Waals surface area contributed by atoms with Crippen LogP contribution in [0.2, 0.25) is 58.9 Å². The van der Waals surface area contributed by atoms with Crippen molar-refractivity contribution in [3.8, 4) is 0 Å². The van der Waals surface area contributed by atoms with E-state index in [2.05, 4.69) is 58.9 Å². The summed E-state index contributed by atoms with van der Waals surface area (Å²) < 4.78 is 0. The number of rotatable bonds is 3. The molecule has 1 radical (unpaired) electrons. The molecule has 0 aliphatic heterocycles. The van der Waals surface area contributed by atoms with Crippen LogP contribution in [0.15, 0.2) is 0 Å². The topological polar surface area (TPSA) is 0 Å². The molecule has 0 rings (SSSR count). The third-order valence-electron chi connectivity index (χ3n) is 2.25. The molecular formula is C9H28GeSi3-. The van der Waals surface area contributed by atoms with Gasteiger partial charge in [-0.1, -0.05) is 0 Å². The Kier molecular flexibility index (Phi) is 4.35. The van der Waals surface area contributed by atoms with E-state index in [4.69, 9.17) is 0 Å². The molecule has 0 heterocycles. The first-order chi connectivity index (χ1) is 5.37. The van der Waals surface area contributed by atoms with Crippen LogP contribution in [0.4, 0.5) is 0 Å². The Balaban J connectivity index is 0. The van der Waals surface area contributed by atoms with Crippen molar-refractivity contribution in [2.45, 2.75) is 58.9 Å². The summed E-state index contributed by atoms with van der Waals surface area (Å²) in [4.78, 5) is 0. The smallest absolute Gasteiger partial charge is 1.00 e. The van der Waals surface area contributed by atoms with Crippen LogP contribution in [0.5, 0.6) is 0 Å². The minimum Gasteiger partial charge on any atom is -1.00 e. The van der Waals surface area contributed by atoms with E-state index in [0.717, 1.165) is 0 Å². The molecule has 0 aliphatic rings. The van der Waals surface area contributed by atoms with E-state index in [1.807, 2.05) is 0 Å². The van der Waals surface area contributed by atoms with Crippen molar-refractivity contribution in [2.24, 2.45) is 0 Å². The molecule has 0 amide bonds. The zero-order valence-corrected chi connectivity index (χ0v) is 16.1. The summed E-state index contributed by atoms with van der Waals surface area (Å²) in [5, 5.41) is 0. The van der Waals surface area contributed by atoms with E-state index >= 15 is 0 Å². The van der Waals surface area contributed by atoms with E-state index in [1.165, 1.54) is 0 Å². The van der Waals surface area contributed by atoms with Gasteiger partial charge in [-0.2, -0.15) is 0 Å². The van der Waals surface area contributed by atoms with Crippen LogP contribution in [-0.4, -0.2) is 32.2 Å². The molecule has 0 saturated heterocycles. The van der Waals surface area contributed by atoms with Crippen LogP contribution in [0.1, 0.15) is 1.43 Å². The van der Waals surface area contributed by atoms with Gasteiger partial charge in [-0.15, -0.1) is 0 Å².